The quantitative estimate of drug-likeness (QED) is 0.475. The molecule has 196 valence electrons. The van der Waals surface area contributed by atoms with Crippen molar-refractivity contribution in [3.63, 3.8) is 0 Å². The third kappa shape index (κ3) is 5.11. The Bertz CT molecular complexity index is 1420. The molecule has 4 rings (SSSR count). The Hall–Kier alpha value is -3.66. The Morgan fingerprint density at radius 3 is 2.57 bits per heavy atom. The van der Waals surface area contributed by atoms with Crippen molar-refractivity contribution in [3.05, 3.63) is 65.9 Å². The van der Waals surface area contributed by atoms with Crippen molar-refractivity contribution in [3.8, 4) is 5.75 Å². The van der Waals surface area contributed by atoms with E-state index in [4.69, 9.17) is 10.5 Å². The normalized spacial score (nSPS) is 17.0. The molecule has 1 fully saturated rings. The van der Waals surface area contributed by atoms with Crippen molar-refractivity contribution in [2.75, 3.05) is 30.5 Å². The van der Waals surface area contributed by atoms with Gasteiger partial charge in [0, 0.05) is 37.4 Å². The largest absolute Gasteiger partial charge is 0.496 e. The minimum atomic E-state index is -4.19. The van der Waals surface area contributed by atoms with Gasteiger partial charge in [-0.25, -0.2) is 18.4 Å². The first-order chi connectivity index (χ1) is 17.5. The standard InChI is InChI=1S/C27H33N5O4S/c1-18-15-27(2,3)32(16-18)26-24(25(28)33)21(13-14-29-26)37(34,35)23-12-8-11-22(30-23)31(4)17-19-9-6-7-10-20(19)36-5/h6-14,18H,15-17H2,1-5H3,(H2,28,33). The molecule has 10 heteroatoms. The van der Waals surface area contributed by atoms with Crippen molar-refractivity contribution in [2.24, 2.45) is 11.7 Å². The minimum absolute atomic E-state index is 0.112. The lowest BCUT2D eigenvalue weighted by Crippen LogP contribution is -2.40. The van der Waals surface area contributed by atoms with Crippen molar-refractivity contribution < 1.29 is 17.9 Å². The van der Waals surface area contributed by atoms with Gasteiger partial charge in [0.05, 0.1) is 12.0 Å². The molecule has 2 N–H and O–H groups in total. The van der Waals surface area contributed by atoms with Gasteiger partial charge in [-0.15, -0.1) is 0 Å². The van der Waals surface area contributed by atoms with Gasteiger partial charge in [-0.05, 0) is 50.5 Å². The van der Waals surface area contributed by atoms with E-state index in [1.807, 2.05) is 55.0 Å². The van der Waals surface area contributed by atoms with E-state index in [-0.39, 0.29) is 26.8 Å². The van der Waals surface area contributed by atoms with Gasteiger partial charge in [0.25, 0.3) is 5.91 Å². The number of hydrogen-bond donors (Lipinski definition) is 1. The molecule has 1 aliphatic rings. The zero-order chi connectivity index (χ0) is 27.0. The highest BCUT2D eigenvalue weighted by Crippen LogP contribution is 2.39. The zero-order valence-electron chi connectivity index (χ0n) is 21.8. The van der Waals surface area contributed by atoms with Crippen LogP contribution in [0.25, 0.3) is 0 Å². The molecule has 1 saturated heterocycles. The Kier molecular flexibility index (Phi) is 7.14. The second-order valence-corrected chi connectivity index (χ2v) is 12.0. The fourth-order valence-electron chi connectivity index (χ4n) is 5.10. The number of sulfone groups is 1. The summed E-state index contributed by atoms with van der Waals surface area (Å²) in [7, 11) is -0.764. The molecule has 3 heterocycles. The highest BCUT2D eigenvalue weighted by molar-refractivity contribution is 7.91. The average molecular weight is 524 g/mol. The molecule has 0 saturated carbocycles. The molecule has 1 atom stereocenters. The number of ether oxygens (including phenoxy) is 1. The summed E-state index contributed by atoms with van der Waals surface area (Å²) in [6.07, 6.45) is 2.29. The van der Waals surface area contributed by atoms with Crippen molar-refractivity contribution in [1.82, 2.24) is 9.97 Å². The summed E-state index contributed by atoms with van der Waals surface area (Å²) in [5, 5.41) is -0.175. The first kappa shape index (κ1) is 26.4. The lowest BCUT2D eigenvalue weighted by Gasteiger charge is -2.33. The second kappa shape index (κ2) is 10.0. The minimum Gasteiger partial charge on any atom is -0.496 e. The number of nitrogens with two attached hydrogens (primary N) is 1. The molecule has 1 unspecified atom stereocenters. The van der Waals surface area contributed by atoms with Crippen LogP contribution in [0.1, 0.15) is 43.1 Å². The molecule has 1 aliphatic heterocycles. The maximum atomic E-state index is 13.8. The first-order valence-electron chi connectivity index (χ1n) is 12.1. The Labute approximate surface area is 218 Å². The molecule has 0 aliphatic carbocycles. The van der Waals surface area contributed by atoms with E-state index in [0.717, 1.165) is 17.7 Å². The van der Waals surface area contributed by atoms with Crippen LogP contribution >= 0.6 is 0 Å². The van der Waals surface area contributed by atoms with Gasteiger partial charge in [0.15, 0.2) is 5.03 Å². The van der Waals surface area contributed by atoms with Gasteiger partial charge in [-0.1, -0.05) is 31.2 Å². The number of carbonyl (C=O) groups excluding carboxylic acids is 1. The third-order valence-corrected chi connectivity index (χ3v) is 8.43. The summed E-state index contributed by atoms with van der Waals surface area (Å²) in [5.74, 6) is 0.979. The summed E-state index contributed by atoms with van der Waals surface area (Å²) >= 11 is 0. The number of para-hydroxylation sites is 1. The molecule has 3 aromatic rings. The van der Waals surface area contributed by atoms with E-state index in [0.29, 0.717) is 24.8 Å². The highest BCUT2D eigenvalue weighted by Gasteiger charge is 2.40. The van der Waals surface area contributed by atoms with E-state index in [1.165, 1.54) is 18.3 Å². The average Bonchev–Trinajstić information content (AvgIpc) is 3.15. The zero-order valence-corrected chi connectivity index (χ0v) is 22.6. The monoisotopic (exact) mass is 523 g/mol. The molecule has 1 aromatic carbocycles. The second-order valence-electron chi connectivity index (χ2n) is 10.1. The highest BCUT2D eigenvalue weighted by atomic mass is 32.2. The number of methoxy groups -OCH3 is 1. The van der Waals surface area contributed by atoms with Gasteiger partial charge in [-0.3, -0.25) is 4.79 Å². The lowest BCUT2D eigenvalue weighted by atomic mass is 9.97. The smallest absolute Gasteiger partial charge is 0.253 e. The fraction of sp³-hybridized carbons (Fsp3) is 0.370. The van der Waals surface area contributed by atoms with Crippen molar-refractivity contribution in [2.45, 2.75) is 49.2 Å². The molecule has 1 amide bonds. The summed E-state index contributed by atoms with van der Waals surface area (Å²) in [5.41, 5.74) is 6.27. The maximum absolute atomic E-state index is 13.8. The first-order valence-corrected chi connectivity index (χ1v) is 13.6. The molecular formula is C27H33N5O4S. The van der Waals surface area contributed by atoms with E-state index in [1.54, 1.807) is 19.2 Å². The maximum Gasteiger partial charge on any atom is 0.253 e. The number of amides is 1. The molecule has 9 nitrogen and oxygen atoms in total. The molecule has 0 spiro atoms. The number of benzene rings is 1. The Morgan fingerprint density at radius 2 is 1.92 bits per heavy atom. The predicted molar refractivity (Wildman–Crippen MR) is 143 cm³/mol. The summed E-state index contributed by atoms with van der Waals surface area (Å²) in [6, 6.07) is 13.7. The number of nitrogens with zero attached hydrogens (tertiary/aromatic N) is 4. The summed E-state index contributed by atoms with van der Waals surface area (Å²) in [4.78, 5) is 25.1. The van der Waals surface area contributed by atoms with Crippen LogP contribution in [0.15, 0.2) is 64.6 Å². The van der Waals surface area contributed by atoms with E-state index in [2.05, 4.69) is 16.9 Å². The Morgan fingerprint density at radius 1 is 1.19 bits per heavy atom. The Balaban J connectivity index is 1.74. The van der Waals surface area contributed by atoms with Crippen molar-refractivity contribution in [1.29, 1.82) is 0 Å². The molecule has 0 radical (unpaired) electrons. The van der Waals surface area contributed by atoms with Crippen molar-refractivity contribution >= 4 is 27.4 Å². The van der Waals surface area contributed by atoms with Crippen LogP contribution in [0.5, 0.6) is 5.75 Å². The fourth-order valence-corrected chi connectivity index (χ4v) is 6.50. The van der Waals surface area contributed by atoms with Crippen LogP contribution in [0.2, 0.25) is 0 Å². The van der Waals surface area contributed by atoms with Gasteiger partial charge in [0.1, 0.15) is 22.9 Å². The number of carbonyl (C=O) groups is 1. The number of hydrogen-bond acceptors (Lipinski definition) is 8. The van der Waals surface area contributed by atoms with Gasteiger partial charge in [-0.2, -0.15) is 0 Å². The van der Waals surface area contributed by atoms with Crippen LogP contribution < -0.4 is 20.3 Å². The summed E-state index contributed by atoms with van der Waals surface area (Å²) < 4.78 is 33.1. The number of rotatable bonds is 8. The van der Waals surface area contributed by atoms with Crippen LogP contribution in [0, 0.1) is 5.92 Å². The SMILES string of the molecule is COc1ccccc1CN(C)c1cccc(S(=O)(=O)c2ccnc(N3CC(C)CC3(C)C)c2C(N)=O)n1. The number of aromatic nitrogens is 2. The van der Waals surface area contributed by atoms with Gasteiger partial charge in [0.2, 0.25) is 9.84 Å². The van der Waals surface area contributed by atoms with Gasteiger partial charge < -0.3 is 20.3 Å². The predicted octanol–water partition coefficient (Wildman–Crippen LogP) is 3.68. The molecule has 2 aromatic heterocycles. The summed E-state index contributed by atoms with van der Waals surface area (Å²) in [6.45, 7) is 7.31. The van der Waals surface area contributed by atoms with E-state index >= 15 is 0 Å². The van der Waals surface area contributed by atoms with Crippen LogP contribution in [0.3, 0.4) is 0 Å². The van der Waals surface area contributed by atoms with Gasteiger partial charge >= 0.3 is 0 Å². The molecular weight excluding hydrogens is 490 g/mol. The third-order valence-electron chi connectivity index (χ3n) is 6.73. The van der Waals surface area contributed by atoms with E-state index in [9.17, 15) is 13.2 Å². The lowest BCUT2D eigenvalue weighted by molar-refractivity contribution is 0.0997. The number of primary amides is 1. The molecule has 37 heavy (non-hydrogen) atoms. The number of pyridine rings is 2. The van der Waals surface area contributed by atoms with Crippen LogP contribution in [-0.2, 0) is 16.4 Å². The topological polar surface area (TPSA) is 119 Å². The van der Waals surface area contributed by atoms with E-state index < -0.39 is 15.7 Å². The number of anilines is 2. The van der Waals surface area contributed by atoms with Crippen LogP contribution in [-0.4, -0.2) is 50.5 Å². The van der Waals surface area contributed by atoms with Crippen LogP contribution in [0.4, 0.5) is 11.6 Å². The molecule has 0 bridgehead atoms.